The van der Waals surface area contributed by atoms with E-state index in [1.54, 1.807) is 14.0 Å². The first-order chi connectivity index (χ1) is 6.98. The van der Waals surface area contributed by atoms with Gasteiger partial charge in [0.25, 0.3) is 0 Å². The molecule has 0 aliphatic heterocycles. The number of methoxy groups -OCH3 is 1. The molecule has 1 aromatic rings. The van der Waals surface area contributed by atoms with Gasteiger partial charge in [-0.05, 0) is 37.5 Å². The molecular weight excluding hydrogens is 193 g/mol. The van der Waals surface area contributed by atoms with Crippen LogP contribution in [0.2, 0.25) is 0 Å². The molecule has 1 aromatic carbocycles. The average Bonchev–Trinajstić information content (AvgIpc) is 2.17. The highest BCUT2D eigenvalue weighted by Crippen LogP contribution is 2.20. The first-order valence-electron chi connectivity index (χ1n) is 4.97. The van der Waals surface area contributed by atoms with Crippen LogP contribution in [0.15, 0.2) is 18.2 Å². The molecule has 0 spiro atoms. The van der Waals surface area contributed by atoms with Gasteiger partial charge in [-0.15, -0.1) is 0 Å². The lowest BCUT2D eigenvalue weighted by Crippen LogP contribution is -2.40. The van der Waals surface area contributed by atoms with E-state index in [4.69, 9.17) is 10.5 Å². The van der Waals surface area contributed by atoms with Gasteiger partial charge in [-0.1, -0.05) is 12.1 Å². The van der Waals surface area contributed by atoms with Crippen molar-refractivity contribution in [1.29, 1.82) is 0 Å². The lowest BCUT2D eigenvalue weighted by molar-refractivity contribution is 0.327. The van der Waals surface area contributed by atoms with Crippen LogP contribution in [0.4, 0.5) is 4.39 Å². The van der Waals surface area contributed by atoms with E-state index >= 15 is 0 Å². The highest BCUT2D eigenvalue weighted by Gasteiger charge is 2.18. The van der Waals surface area contributed by atoms with Crippen LogP contribution >= 0.6 is 0 Å². The van der Waals surface area contributed by atoms with Crippen LogP contribution in [-0.2, 0) is 6.42 Å². The summed E-state index contributed by atoms with van der Waals surface area (Å²) in [5.74, 6) is 0.845. The Morgan fingerprint density at radius 1 is 1.47 bits per heavy atom. The Balaban J connectivity index is 2.84. The summed E-state index contributed by atoms with van der Waals surface area (Å²) in [6, 6.07) is 5.80. The number of benzene rings is 1. The molecule has 1 atom stereocenters. The van der Waals surface area contributed by atoms with E-state index in [1.807, 2.05) is 25.1 Å². The number of hydrogen-bond acceptors (Lipinski definition) is 2. The minimum atomic E-state index is -0.777. The number of ether oxygens (including phenoxy) is 1. The van der Waals surface area contributed by atoms with E-state index in [0.717, 1.165) is 16.9 Å². The minimum absolute atomic E-state index is 0.516. The van der Waals surface area contributed by atoms with E-state index < -0.39 is 12.2 Å². The molecule has 2 nitrogen and oxygen atoms in total. The third kappa shape index (κ3) is 3.20. The zero-order chi connectivity index (χ0) is 11.5. The molecule has 0 saturated heterocycles. The molecule has 0 fully saturated rings. The monoisotopic (exact) mass is 211 g/mol. The molecule has 0 bridgehead atoms. The number of halogens is 1. The Kier molecular flexibility index (Phi) is 3.69. The lowest BCUT2D eigenvalue weighted by Gasteiger charge is -2.20. The summed E-state index contributed by atoms with van der Waals surface area (Å²) in [4.78, 5) is 0. The highest BCUT2D eigenvalue weighted by atomic mass is 19.1. The summed E-state index contributed by atoms with van der Waals surface area (Å²) in [6.45, 7) is 3.16. The van der Waals surface area contributed by atoms with Gasteiger partial charge in [0.05, 0.1) is 7.11 Å². The molecule has 0 radical (unpaired) electrons. The molecule has 0 heterocycles. The zero-order valence-electron chi connectivity index (χ0n) is 9.51. The molecule has 0 saturated carbocycles. The molecule has 0 aliphatic rings. The summed E-state index contributed by atoms with van der Waals surface area (Å²) in [5.41, 5.74) is 7.07. The van der Waals surface area contributed by atoms with Crippen molar-refractivity contribution >= 4 is 0 Å². The van der Waals surface area contributed by atoms with Gasteiger partial charge in [0, 0.05) is 5.54 Å². The SMILES string of the molecule is COc1ccc(CC(C)(N)CF)cc1C. The second-order valence-electron chi connectivity index (χ2n) is 4.27. The topological polar surface area (TPSA) is 35.2 Å². The van der Waals surface area contributed by atoms with E-state index in [2.05, 4.69) is 0 Å². The van der Waals surface area contributed by atoms with E-state index in [9.17, 15) is 4.39 Å². The first-order valence-corrected chi connectivity index (χ1v) is 4.97. The fourth-order valence-electron chi connectivity index (χ4n) is 1.56. The maximum Gasteiger partial charge on any atom is 0.121 e. The van der Waals surface area contributed by atoms with Crippen molar-refractivity contribution in [3.8, 4) is 5.75 Å². The third-order valence-electron chi connectivity index (χ3n) is 2.37. The second kappa shape index (κ2) is 4.62. The molecule has 3 heteroatoms. The van der Waals surface area contributed by atoms with E-state index in [1.165, 1.54) is 0 Å². The first kappa shape index (κ1) is 12.0. The van der Waals surface area contributed by atoms with Crippen molar-refractivity contribution < 1.29 is 9.13 Å². The van der Waals surface area contributed by atoms with Crippen LogP contribution in [0.1, 0.15) is 18.1 Å². The normalized spacial score (nSPS) is 14.7. The molecule has 1 unspecified atom stereocenters. The van der Waals surface area contributed by atoms with Crippen LogP contribution in [0.3, 0.4) is 0 Å². The number of rotatable bonds is 4. The quantitative estimate of drug-likeness (QED) is 0.829. The molecule has 84 valence electrons. The standard InChI is InChI=1S/C12H18FNO/c1-9-6-10(4-5-11(9)15-3)7-12(2,14)8-13/h4-6H,7-8,14H2,1-3H3. The van der Waals surface area contributed by atoms with Gasteiger partial charge in [0.2, 0.25) is 0 Å². The lowest BCUT2D eigenvalue weighted by atomic mass is 9.94. The molecule has 2 N–H and O–H groups in total. The summed E-state index contributed by atoms with van der Waals surface area (Å²) in [7, 11) is 1.64. The van der Waals surface area contributed by atoms with Crippen molar-refractivity contribution in [2.45, 2.75) is 25.8 Å². The fraction of sp³-hybridized carbons (Fsp3) is 0.500. The minimum Gasteiger partial charge on any atom is -0.496 e. The highest BCUT2D eigenvalue weighted by molar-refractivity contribution is 5.36. The van der Waals surface area contributed by atoms with Crippen molar-refractivity contribution in [3.63, 3.8) is 0 Å². The Morgan fingerprint density at radius 3 is 2.60 bits per heavy atom. The number of aryl methyl sites for hydroxylation is 1. The number of hydrogen-bond donors (Lipinski definition) is 1. The van der Waals surface area contributed by atoms with Crippen LogP contribution in [0.25, 0.3) is 0 Å². The number of alkyl halides is 1. The Hall–Kier alpha value is -1.09. The maximum atomic E-state index is 12.6. The molecule has 0 aliphatic carbocycles. The molecule has 0 aromatic heterocycles. The average molecular weight is 211 g/mol. The van der Waals surface area contributed by atoms with Crippen molar-refractivity contribution in [2.75, 3.05) is 13.8 Å². The van der Waals surface area contributed by atoms with Crippen LogP contribution in [-0.4, -0.2) is 19.3 Å². The van der Waals surface area contributed by atoms with Gasteiger partial charge in [-0.2, -0.15) is 0 Å². The van der Waals surface area contributed by atoms with E-state index in [-0.39, 0.29) is 0 Å². The maximum absolute atomic E-state index is 12.6. The second-order valence-corrected chi connectivity index (χ2v) is 4.27. The van der Waals surface area contributed by atoms with Gasteiger partial charge in [0.1, 0.15) is 12.4 Å². The van der Waals surface area contributed by atoms with Gasteiger partial charge in [0.15, 0.2) is 0 Å². The van der Waals surface area contributed by atoms with Crippen molar-refractivity contribution in [1.82, 2.24) is 0 Å². The van der Waals surface area contributed by atoms with Gasteiger partial charge in [-0.25, -0.2) is 4.39 Å². The fourth-order valence-corrected chi connectivity index (χ4v) is 1.56. The van der Waals surface area contributed by atoms with Gasteiger partial charge < -0.3 is 10.5 Å². The van der Waals surface area contributed by atoms with Gasteiger partial charge >= 0.3 is 0 Å². The Labute approximate surface area is 90.2 Å². The zero-order valence-corrected chi connectivity index (χ0v) is 9.51. The molecule has 0 amide bonds. The van der Waals surface area contributed by atoms with Crippen molar-refractivity contribution in [3.05, 3.63) is 29.3 Å². The van der Waals surface area contributed by atoms with E-state index in [0.29, 0.717) is 6.42 Å². The predicted octanol–water partition coefficient (Wildman–Crippen LogP) is 2.23. The largest absolute Gasteiger partial charge is 0.496 e. The smallest absolute Gasteiger partial charge is 0.121 e. The summed E-state index contributed by atoms with van der Waals surface area (Å²) >= 11 is 0. The van der Waals surface area contributed by atoms with Crippen molar-refractivity contribution in [2.24, 2.45) is 5.73 Å². The molecular formula is C12H18FNO. The summed E-state index contributed by atoms with van der Waals surface area (Å²) in [6.07, 6.45) is 0.536. The number of nitrogens with two attached hydrogens (primary N) is 1. The van der Waals surface area contributed by atoms with Crippen LogP contribution in [0, 0.1) is 6.92 Å². The summed E-state index contributed by atoms with van der Waals surface area (Å²) in [5, 5.41) is 0. The predicted molar refractivity (Wildman–Crippen MR) is 60.0 cm³/mol. The molecule has 15 heavy (non-hydrogen) atoms. The van der Waals surface area contributed by atoms with Crippen LogP contribution in [0.5, 0.6) is 5.75 Å². The van der Waals surface area contributed by atoms with Crippen LogP contribution < -0.4 is 10.5 Å². The summed E-state index contributed by atoms with van der Waals surface area (Å²) < 4.78 is 17.7. The Bertz CT molecular complexity index is 336. The third-order valence-corrected chi connectivity index (χ3v) is 2.37. The Morgan fingerprint density at radius 2 is 2.13 bits per heavy atom. The molecule has 1 rings (SSSR count). The van der Waals surface area contributed by atoms with Gasteiger partial charge in [-0.3, -0.25) is 0 Å².